The van der Waals surface area contributed by atoms with E-state index in [1.165, 1.54) is 27.0 Å². The number of nitrogen functional groups attached to an aromatic ring is 1. The van der Waals surface area contributed by atoms with E-state index in [1.54, 1.807) is 25.3 Å². The summed E-state index contributed by atoms with van der Waals surface area (Å²) in [5.41, 5.74) is 11.4. The molecule has 2 aliphatic rings. The molecule has 0 atom stereocenters. The Morgan fingerprint density at radius 2 is 1.54 bits per heavy atom. The molecule has 3 aromatic rings. The second kappa shape index (κ2) is 13.6. The van der Waals surface area contributed by atoms with Crippen LogP contribution in [0.3, 0.4) is 0 Å². The van der Waals surface area contributed by atoms with Crippen molar-refractivity contribution in [3.8, 4) is 0 Å². The summed E-state index contributed by atoms with van der Waals surface area (Å²) in [4.78, 5) is 13.2. The van der Waals surface area contributed by atoms with Crippen molar-refractivity contribution in [2.24, 2.45) is 5.10 Å². The van der Waals surface area contributed by atoms with Gasteiger partial charge >= 0.3 is 0 Å². The molecule has 0 saturated carbocycles. The smallest absolute Gasteiger partial charge is 0.282 e. The van der Waals surface area contributed by atoms with Gasteiger partial charge in [0.05, 0.1) is 35.1 Å². The first-order valence-electron chi connectivity index (χ1n) is 13.7. The van der Waals surface area contributed by atoms with E-state index in [1.807, 2.05) is 42.5 Å². The van der Waals surface area contributed by atoms with Gasteiger partial charge in [0.25, 0.3) is 5.91 Å². The van der Waals surface area contributed by atoms with E-state index in [0.717, 1.165) is 29.8 Å². The van der Waals surface area contributed by atoms with Crippen LogP contribution in [0, 0.1) is 0 Å². The van der Waals surface area contributed by atoms with E-state index in [-0.39, 0.29) is 10.8 Å². The maximum atomic E-state index is 13.0. The van der Waals surface area contributed by atoms with Crippen molar-refractivity contribution in [3.63, 3.8) is 0 Å². The van der Waals surface area contributed by atoms with Crippen LogP contribution in [-0.2, 0) is 32.4 Å². The van der Waals surface area contributed by atoms with Crippen molar-refractivity contribution in [1.82, 2.24) is 4.31 Å². The molecule has 1 saturated heterocycles. The molecule has 3 N–H and O–H groups in total. The number of rotatable bonds is 7. The molecule has 0 spiro atoms. The third kappa shape index (κ3) is 7.02. The molecule has 0 radical (unpaired) electrons. The van der Waals surface area contributed by atoms with Gasteiger partial charge in [0, 0.05) is 30.7 Å². The number of hydrogen-bond donors (Lipinski definition) is 2. The molecular weight excluding hydrogens is 538 g/mol. The van der Waals surface area contributed by atoms with E-state index in [2.05, 4.69) is 30.3 Å². The van der Waals surface area contributed by atoms with E-state index in [0.29, 0.717) is 43.3 Å². The standard InChI is InChI=1S/C23H26N4O4S.C8H11N/c1-3-18-6-4-5-7-22(18)24-16-21-17(2)25-27(23(21)28)19-8-10-20(11-9-19)32(29,30)26-12-14-31-15-13-26;1-2-7-5-3-4-6-8(7)9/h4-11,16,24H,3,12-15H2,1-2H3;3-6H,2,9H2,1H3. The number of nitrogens with zero attached hydrogens (tertiary/aromatic N) is 3. The highest BCUT2D eigenvalue weighted by Crippen LogP contribution is 2.27. The number of benzene rings is 3. The molecule has 3 aromatic carbocycles. The Morgan fingerprint density at radius 1 is 0.927 bits per heavy atom. The predicted octanol–water partition coefficient (Wildman–Crippen LogP) is 4.82. The number of ether oxygens (including phenoxy) is 1. The predicted molar refractivity (Wildman–Crippen MR) is 164 cm³/mol. The second-order valence-electron chi connectivity index (χ2n) is 9.58. The number of amides is 1. The third-order valence-electron chi connectivity index (χ3n) is 6.96. The molecule has 1 amide bonds. The zero-order valence-corrected chi connectivity index (χ0v) is 24.5. The molecule has 0 aromatic heterocycles. The lowest BCUT2D eigenvalue weighted by molar-refractivity contribution is -0.114. The summed E-state index contributed by atoms with van der Waals surface area (Å²) in [6.45, 7) is 7.39. The molecule has 2 aliphatic heterocycles. The van der Waals surface area contributed by atoms with Gasteiger partial charge in [-0.2, -0.15) is 14.4 Å². The largest absolute Gasteiger partial charge is 0.399 e. The van der Waals surface area contributed by atoms with Crippen LogP contribution in [0.5, 0.6) is 0 Å². The lowest BCUT2D eigenvalue weighted by atomic mass is 10.1. The van der Waals surface area contributed by atoms with Crippen molar-refractivity contribution in [2.75, 3.05) is 42.4 Å². The summed E-state index contributed by atoms with van der Waals surface area (Å²) in [6, 6.07) is 22.1. The van der Waals surface area contributed by atoms with Gasteiger partial charge in [0.1, 0.15) is 0 Å². The number of hydrazone groups is 1. The number of morpholine rings is 1. The monoisotopic (exact) mass is 575 g/mol. The number of nitrogens with two attached hydrogens (primary N) is 1. The topological polar surface area (TPSA) is 117 Å². The number of aryl methyl sites for hydroxylation is 2. The molecular formula is C31H37N5O4S. The number of sulfonamides is 1. The summed E-state index contributed by atoms with van der Waals surface area (Å²) in [7, 11) is -3.59. The molecule has 41 heavy (non-hydrogen) atoms. The van der Waals surface area contributed by atoms with Crippen LogP contribution in [-0.4, -0.2) is 50.6 Å². The first-order valence-corrected chi connectivity index (χ1v) is 15.2. The van der Waals surface area contributed by atoms with Crippen molar-refractivity contribution in [1.29, 1.82) is 0 Å². The van der Waals surface area contributed by atoms with Crippen molar-refractivity contribution >= 4 is 38.7 Å². The average molecular weight is 576 g/mol. The van der Waals surface area contributed by atoms with Crippen LogP contribution < -0.4 is 16.1 Å². The summed E-state index contributed by atoms with van der Waals surface area (Å²) >= 11 is 0. The van der Waals surface area contributed by atoms with E-state index < -0.39 is 10.0 Å². The summed E-state index contributed by atoms with van der Waals surface area (Å²) in [5.74, 6) is -0.271. The second-order valence-corrected chi connectivity index (χ2v) is 11.5. The molecule has 5 rings (SSSR count). The fourth-order valence-corrected chi connectivity index (χ4v) is 5.94. The Balaban J connectivity index is 0.000000367. The third-order valence-corrected chi connectivity index (χ3v) is 8.87. The first kappa shape index (κ1) is 30.0. The number of anilines is 3. The molecule has 1 fully saturated rings. The van der Waals surface area contributed by atoms with Crippen molar-refractivity contribution < 1.29 is 17.9 Å². The van der Waals surface area contributed by atoms with Gasteiger partial charge in [-0.3, -0.25) is 4.79 Å². The van der Waals surface area contributed by atoms with Gasteiger partial charge in [0.2, 0.25) is 10.0 Å². The Hall–Kier alpha value is -3.99. The molecule has 0 unspecified atom stereocenters. The van der Waals surface area contributed by atoms with Gasteiger partial charge in [0.15, 0.2) is 0 Å². The van der Waals surface area contributed by atoms with Crippen LogP contribution in [0.15, 0.2) is 94.6 Å². The quantitative estimate of drug-likeness (QED) is 0.308. The fourth-order valence-electron chi connectivity index (χ4n) is 4.53. The minimum atomic E-state index is -3.59. The average Bonchev–Trinajstić information content (AvgIpc) is 3.29. The summed E-state index contributed by atoms with van der Waals surface area (Å²) in [6.07, 6.45) is 3.57. The molecule has 0 bridgehead atoms. The van der Waals surface area contributed by atoms with E-state index >= 15 is 0 Å². The number of hydrogen-bond acceptors (Lipinski definition) is 7. The van der Waals surface area contributed by atoms with Crippen LogP contribution >= 0.6 is 0 Å². The van der Waals surface area contributed by atoms with Gasteiger partial charge in [-0.25, -0.2) is 8.42 Å². The number of carbonyl (C=O) groups is 1. The number of para-hydroxylation sites is 2. The maximum Gasteiger partial charge on any atom is 0.282 e. The van der Waals surface area contributed by atoms with Gasteiger partial charge in [-0.1, -0.05) is 50.2 Å². The Kier molecular flexibility index (Phi) is 9.93. The lowest BCUT2D eigenvalue weighted by Crippen LogP contribution is -2.40. The van der Waals surface area contributed by atoms with Gasteiger partial charge in [-0.15, -0.1) is 0 Å². The summed E-state index contributed by atoms with van der Waals surface area (Å²) < 4.78 is 32.3. The number of nitrogens with one attached hydrogen (secondary N) is 1. The zero-order valence-electron chi connectivity index (χ0n) is 23.7. The summed E-state index contributed by atoms with van der Waals surface area (Å²) in [5, 5.41) is 8.88. The lowest BCUT2D eigenvalue weighted by Gasteiger charge is -2.26. The maximum absolute atomic E-state index is 13.0. The SMILES string of the molecule is CCc1ccccc1N.CCc1ccccc1NC=C1C(=O)N(c2ccc(S(=O)(=O)N3CCOCC3)cc2)N=C1C. The van der Waals surface area contributed by atoms with Crippen molar-refractivity contribution in [3.05, 3.63) is 95.7 Å². The Morgan fingerprint density at radius 3 is 2.15 bits per heavy atom. The minimum absolute atomic E-state index is 0.184. The number of carbonyl (C=O) groups excluding carboxylic acids is 1. The molecule has 10 heteroatoms. The molecule has 216 valence electrons. The first-order chi connectivity index (χ1) is 19.8. The van der Waals surface area contributed by atoms with Crippen LogP contribution in [0.4, 0.5) is 17.1 Å². The van der Waals surface area contributed by atoms with E-state index in [4.69, 9.17) is 10.5 Å². The van der Waals surface area contributed by atoms with Gasteiger partial charge < -0.3 is 15.8 Å². The fraction of sp³-hybridized carbons (Fsp3) is 0.290. The minimum Gasteiger partial charge on any atom is -0.399 e. The highest BCUT2D eigenvalue weighted by atomic mass is 32.2. The van der Waals surface area contributed by atoms with Crippen LogP contribution in [0.2, 0.25) is 0 Å². The van der Waals surface area contributed by atoms with Crippen molar-refractivity contribution in [2.45, 2.75) is 38.5 Å². The van der Waals surface area contributed by atoms with Gasteiger partial charge in [-0.05, 0) is 67.3 Å². The Bertz CT molecular complexity index is 1530. The highest BCUT2D eigenvalue weighted by Gasteiger charge is 2.30. The van der Waals surface area contributed by atoms with Crippen LogP contribution in [0.1, 0.15) is 31.9 Å². The molecule has 9 nitrogen and oxygen atoms in total. The molecule has 2 heterocycles. The Labute approximate surface area is 242 Å². The van der Waals surface area contributed by atoms with Crippen LogP contribution in [0.25, 0.3) is 0 Å². The molecule has 0 aliphatic carbocycles. The normalized spacial score (nSPS) is 16.8. The highest BCUT2D eigenvalue weighted by molar-refractivity contribution is 7.89. The zero-order chi connectivity index (χ0) is 29.4. The van der Waals surface area contributed by atoms with E-state index in [9.17, 15) is 13.2 Å².